The molecule has 2 amide bonds. The second-order valence-corrected chi connectivity index (χ2v) is 10.9. The molecule has 0 bridgehead atoms. The molecule has 33 heavy (non-hydrogen) atoms. The maximum atomic E-state index is 12.9. The summed E-state index contributed by atoms with van der Waals surface area (Å²) in [5.41, 5.74) is -2.04. The molecule has 1 aromatic rings. The zero-order chi connectivity index (χ0) is 23.6. The number of aromatic nitrogens is 2. The molecule has 1 aromatic heterocycles. The molecular formula is C25H38N4O4. The third kappa shape index (κ3) is 5.15. The number of likely N-dealkylation sites (tertiary alicyclic amines) is 1. The molecule has 2 aliphatic heterocycles. The highest BCUT2D eigenvalue weighted by Crippen LogP contribution is 2.40. The van der Waals surface area contributed by atoms with Gasteiger partial charge in [0, 0.05) is 37.9 Å². The summed E-state index contributed by atoms with van der Waals surface area (Å²) >= 11 is 0. The van der Waals surface area contributed by atoms with Gasteiger partial charge in [-0.2, -0.15) is 0 Å². The molecule has 3 fully saturated rings. The number of carbonyl (C=O) groups excluding carboxylic acids is 2. The Kier molecular flexibility index (Phi) is 6.93. The Morgan fingerprint density at radius 3 is 2.58 bits per heavy atom. The van der Waals surface area contributed by atoms with Crippen LogP contribution in [0.3, 0.4) is 0 Å². The van der Waals surface area contributed by atoms with E-state index in [0.29, 0.717) is 50.6 Å². The van der Waals surface area contributed by atoms with Crippen LogP contribution in [0, 0.1) is 11.3 Å². The van der Waals surface area contributed by atoms with Crippen LogP contribution in [0.15, 0.2) is 17.2 Å². The minimum atomic E-state index is -1.15. The summed E-state index contributed by atoms with van der Waals surface area (Å²) in [5.74, 6) is 1.31. The maximum absolute atomic E-state index is 12.9. The van der Waals surface area contributed by atoms with Crippen LogP contribution in [0.1, 0.15) is 78.1 Å². The highest BCUT2D eigenvalue weighted by Gasteiger charge is 2.48. The van der Waals surface area contributed by atoms with E-state index in [4.69, 9.17) is 0 Å². The van der Waals surface area contributed by atoms with Crippen LogP contribution < -0.4 is 10.5 Å². The first kappa shape index (κ1) is 23.9. The molecule has 182 valence electrons. The average molecular weight is 459 g/mol. The lowest BCUT2D eigenvalue weighted by Crippen LogP contribution is -2.60. The Morgan fingerprint density at radius 1 is 1.15 bits per heavy atom. The van der Waals surface area contributed by atoms with Gasteiger partial charge in [-0.3, -0.25) is 19.3 Å². The van der Waals surface area contributed by atoms with Gasteiger partial charge in [0.25, 0.3) is 5.56 Å². The minimum Gasteiger partial charge on any atom is -0.387 e. The van der Waals surface area contributed by atoms with Crippen LogP contribution in [0.25, 0.3) is 0 Å². The predicted molar refractivity (Wildman–Crippen MR) is 126 cm³/mol. The van der Waals surface area contributed by atoms with Gasteiger partial charge in [0.2, 0.25) is 11.8 Å². The largest absolute Gasteiger partial charge is 0.387 e. The van der Waals surface area contributed by atoms with Crippen molar-refractivity contribution in [3.05, 3.63) is 22.7 Å². The Morgan fingerprint density at radius 2 is 1.91 bits per heavy atom. The lowest BCUT2D eigenvalue weighted by Gasteiger charge is -2.50. The second-order valence-electron chi connectivity index (χ2n) is 10.9. The average Bonchev–Trinajstić information content (AvgIpc) is 3.22. The van der Waals surface area contributed by atoms with Crippen LogP contribution in [0.4, 0.5) is 5.82 Å². The number of hydrogen-bond acceptors (Lipinski definition) is 5. The van der Waals surface area contributed by atoms with Crippen molar-refractivity contribution in [2.45, 2.75) is 90.2 Å². The first-order valence-electron chi connectivity index (χ1n) is 12.6. The van der Waals surface area contributed by atoms with Gasteiger partial charge in [0.15, 0.2) is 5.82 Å². The molecule has 8 heteroatoms. The third-order valence-electron chi connectivity index (χ3n) is 8.13. The van der Waals surface area contributed by atoms with Gasteiger partial charge >= 0.3 is 0 Å². The Hall–Kier alpha value is -2.22. The fraction of sp³-hybridized carbons (Fsp3) is 0.760. The molecule has 3 heterocycles. The Bertz CT molecular complexity index is 937. The van der Waals surface area contributed by atoms with Crippen molar-refractivity contribution in [1.82, 2.24) is 14.5 Å². The molecule has 1 unspecified atom stereocenters. The van der Waals surface area contributed by atoms with Crippen LogP contribution in [-0.4, -0.2) is 56.6 Å². The van der Waals surface area contributed by atoms with Crippen molar-refractivity contribution in [1.29, 1.82) is 0 Å². The summed E-state index contributed by atoms with van der Waals surface area (Å²) in [6.45, 7) is 5.58. The van der Waals surface area contributed by atoms with E-state index in [1.54, 1.807) is 11.1 Å². The molecule has 0 radical (unpaired) electrons. The summed E-state index contributed by atoms with van der Waals surface area (Å²) in [4.78, 5) is 45.2. The highest BCUT2D eigenvalue weighted by atomic mass is 16.3. The van der Waals surface area contributed by atoms with E-state index in [2.05, 4.69) is 4.98 Å². The minimum absolute atomic E-state index is 0.00629. The van der Waals surface area contributed by atoms with Crippen molar-refractivity contribution in [2.24, 2.45) is 11.3 Å². The number of amides is 2. The maximum Gasteiger partial charge on any atom is 0.269 e. The molecule has 0 spiro atoms. The molecule has 8 nitrogen and oxygen atoms in total. The molecule has 1 N–H and O–H groups in total. The third-order valence-corrected chi connectivity index (χ3v) is 8.13. The summed E-state index contributed by atoms with van der Waals surface area (Å²) in [6, 6.07) is 0. The van der Waals surface area contributed by atoms with Crippen molar-refractivity contribution in [3.63, 3.8) is 0 Å². The lowest BCUT2D eigenvalue weighted by atomic mass is 9.69. The van der Waals surface area contributed by atoms with Crippen molar-refractivity contribution >= 4 is 17.6 Å². The van der Waals surface area contributed by atoms with Crippen LogP contribution >= 0.6 is 0 Å². The monoisotopic (exact) mass is 458 g/mol. The standard InChI is InChI=1S/C25H38N4O4/c1-24(2)17-27(21(30)11-10-19-7-4-3-5-8-19)14-12-25(24,33)18-28-16-20(26-15-23(28)32)29-13-6-9-22(29)31/h15-16,19,33H,3-14,17-18H2,1-2H3. The van der Waals surface area contributed by atoms with E-state index in [1.807, 2.05) is 18.7 Å². The van der Waals surface area contributed by atoms with E-state index >= 15 is 0 Å². The first-order valence-corrected chi connectivity index (χ1v) is 12.6. The number of rotatable bonds is 6. The molecular weight excluding hydrogens is 420 g/mol. The number of aliphatic hydroxyl groups is 1. The molecule has 1 atom stereocenters. The molecule has 1 aliphatic carbocycles. The second kappa shape index (κ2) is 9.57. The smallest absolute Gasteiger partial charge is 0.269 e. The number of hydrogen-bond donors (Lipinski definition) is 1. The quantitative estimate of drug-likeness (QED) is 0.707. The zero-order valence-corrected chi connectivity index (χ0v) is 20.1. The van der Waals surface area contributed by atoms with Gasteiger partial charge in [-0.15, -0.1) is 0 Å². The van der Waals surface area contributed by atoms with Crippen LogP contribution in [-0.2, 0) is 16.1 Å². The van der Waals surface area contributed by atoms with Crippen molar-refractivity contribution in [3.8, 4) is 0 Å². The summed E-state index contributed by atoms with van der Waals surface area (Å²) in [5, 5.41) is 11.6. The lowest BCUT2D eigenvalue weighted by molar-refractivity contribution is -0.154. The topological polar surface area (TPSA) is 95.7 Å². The van der Waals surface area contributed by atoms with Crippen LogP contribution in [0.2, 0.25) is 0 Å². The molecule has 4 rings (SSSR count). The van der Waals surface area contributed by atoms with E-state index in [-0.39, 0.29) is 23.9 Å². The summed E-state index contributed by atoms with van der Waals surface area (Å²) < 4.78 is 1.47. The van der Waals surface area contributed by atoms with Gasteiger partial charge < -0.3 is 14.6 Å². The van der Waals surface area contributed by atoms with E-state index in [9.17, 15) is 19.5 Å². The molecule has 0 aromatic carbocycles. The normalized spacial score (nSPS) is 26.1. The number of carbonyl (C=O) groups is 2. The highest BCUT2D eigenvalue weighted by molar-refractivity contribution is 5.94. The number of piperidine rings is 1. The van der Waals surface area contributed by atoms with Gasteiger partial charge in [-0.25, -0.2) is 4.98 Å². The van der Waals surface area contributed by atoms with Gasteiger partial charge in [0.1, 0.15) is 0 Å². The fourth-order valence-corrected chi connectivity index (χ4v) is 5.70. The summed E-state index contributed by atoms with van der Waals surface area (Å²) in [7, 11) is 0. The molecule has 3 aliphatic rings. The van der Waals surface area contributed by atoms with Crippen molar-refractivity contribution in [2.75, 3.05) is 24.5 Å². The number of nitrogens with zero attached hydrogens (tertiary/aromatic N) is 4. The summed E-state index contributed by atoms with van der Waals surface area (Å²) in [6.07, 6.45) is 12.4. The van der Waals surface area contributed by atoms with Crippen LogP contribution in [0.5, 0.6) is 0 Å². The van der Waals surface area contributed by atoms with Gasteiger partial charge in [-0.05, 0) is 25.2 Å². The number of anilines is 1. The van der Waals surface area contributed by atoms with Gasteiger partial charge in [0.05, 0.1) is 24.5 Å². The Labute approximate surface area is 196 Å². The van der Waals surface area contributed by atoms with Gasteiger partial charge in [-0.1, -0.05) is 46.0 Å². The SMILES string of the molecule is CC1(C)CN(C(=O)CCC2CCCCC2)CCC1(O)Cn1cc(N2CCCC2=O)ncc1=O. The van der Waals surface area contributed by atoms with E-state index in [0.717, 1.165) is 12.8 Å². The predicted octanol–water partition coefficient (Wildman–Crippen LogP) is 2.72. The Balaban J connectivity index is 1.41. The molecule has 1 saturated carbocycles. The molecule has 2 saturated heterocycles. The fourth-order valence-electron chi connectivity index (χ4n) is 5.70. The zero-order valence-electron chi connectivity index (χ0n) is 20.1. The first-order chi connectivity index (χ1) is 15.7. The van der Waals surface area contributed by atoms with Crippen molar-refractivity contribution < 1.29 is 14.7 Å². The van der Waals surface area contributed by atoms with E-state index in [1.165, 1.54) is 42.9 Å². The van der Waals surface area contributed by atoms with E-state index < -0.39 is 11.0 Å².